The maximum atomic E-state index is 12.3. The van der Waals surface area contributed by atoms with Crippen LogP contribution in [-0.2, 0) is 9.53 Å². The number of benzene rings is 1. The Morgan fingerprint density at radius 3 is 2.48 bits per heavy atom. The average Bonchev–Trinajstić information content (AvgIpc) is 2.46. The number of urea groups is 1. The number of carbonyl (C=O) groups is 2. The molecule has 0 spiro atoms. The van der Waals surface area contributed by atoms with Gasteiger partial charge in [0, 0.05) is 19.7 Å². The first-order chi connectivity index (χ1) is 10.1. The van der Waals surface area contributed by atoms with E-state index in [-0.39, 0.29) is 6.04 Å². The number of methoxy groups -OCH3 is 1. The molecule has 3 N–H and O–H groups in total. The fourth-order valence-electron chi connectivity index (χ4n) is 1.94. The fraction of sp³-hybridized carbons (Fsp3) is 0.467. The summed E-state index contributed by atoms with van der Waals surface area (Å²) in [5.41, 5.74) is 0.794. The van der Waals surface area contributed by atoms with E-state index in [0.29, 0.717) is 13.2 Å². The molecule has 0 saturated heterocycles. The first-order valence-electron chi connectivity index (χ1n) is 6.97. The zero-order valence-corrected chi connectivity index (χ0v) is 12.7. The Morgan fingerprint density at radius 2 is 1.90 bits per heavy atom. The molecule has 1 rings (SSSR count). The van der Waals surface area contributed by atoms with Crippen LogP contribution in [0.1, 0.15) is 25.5 Å². The van der Waals surface area contributed by atoms with Crippen LogP contribution in [0.4, 0.5) is 4.79 Å². The molecule has 6 nitrogen and oxygen atoms in total. The Morgan fingerprint density at radius 1 is 1.24 bits per heavy atom. The molecular weight excluding hydrogens is 270 g/mol. The summed E-state index contributed by atoms with van der Waals surface area (Å²) in [6.07, 6.45) is 0. The van der Waals surface area contributed by atoms with Crippen LogP contribution in [0.3, 0.4) is 0 Å². The minimum atomic E-state index is -0.612. The summed E-state index contributed by atoms with van der Waals surface area (Å²) in [7, 11) is 1.60. The number of nitrogens with one attached hydrogen (secondary N) is 3. The predicted molar refractivity (Wildman–Crippen MR) is 80.9 cm³/mol. The molecule has 0 aromatic heterocycles. The van der Waals surface area contributed by atoms with Gasteiger partial charge in [0.25, 0.3) is 0 Å². The average molecular weight is 293 g/mol. The van der Waals surface area contributed by atoms with Crippen molar-refractivity contribution in [1.82, 2.24) is 16.0 Å². The van der Waals surface area contributed by atoms with Crippen LogP contribution >= 0.6 is 0 Å². The molecule has 0 radical (unpaired) electrons. The summed E-state index contributed by atoms with van der Waals surface area (Å²) >= 11 is 0. The number of hydrogen-bond donors (Lipinski definition) is 3. The van der Waals surface area contributed by atoms with Crippen LogP contribution in [0.25, 0.3) is 0 Å². The van der Waals surface area contributed by atoms with E-state index in [1.54, 1.807) is 14.0 Å². The Labute approximate surface area is 125 Å². The van der Waals surface area contributed by atoms with E-state index in [4.69, 9.17) is 4.74 Å². The topological polar surface area (TPSA) is 79.5 Å². The Kier molecular flexibility index (Phi) is 7.42. The summed E-state index contributed by atoms with van der Waals surface area (Å²) in [6, 6.07) is 8.13. The van der Waals surface area contributed by atoms with Gasteiger partial charge in [0.1, 0.15) is 6.04 Å². The van der Waals surface area contributed by atoms with Crippen molar-refractivity contribution in [3.63, 3.8) is 0 Å². The van der Waals surface area contributed by atoms with Crippen molar-refractivity contribution in [3.05, 3.63) is 35.9 Å². The van der Waals surface area contributed by atoms with E-state index in [9.17, 15) is 9.59 Å². The fourth-order valence-corrected chi connectivity index (χ4v) is 1.94. The van der Waals surface area contributed by atoms with Crippen LogP contribution in [-0.4, -0.2) is 38.2 Å². The van der Waals surface area contributed by atoms with E-state index in [1.807, 2.05) is 37.3 Å². The molecule has 1 aromatic rings. The van der Waals surface area contributed by atoms with Crippen LogP contribution in [0.5, 0.6) is 0 Å². The molecular formula is C15H23N3O3. The maximum Gasteiger partial charge on any atom is 0.321 e. The molecule has 0 bridgehead atoms. The van der Waals surface area contributed by atoms with Crippen LogP contribution in [0.15, 0.2) is 30.3 Å². The van der Waals surface area contributed by atoms with Crippen LogP contribution < -0.4 is 16.0 Å². The Balaban J connectivity index is 2.81. The quantitative estimate of drug-likeness (QED) is 0.706. The second-order valence-electron chi connectivity index (χ2n) is 4.72. The highest BCUT2D eigenvalue weighted by Gasteiger charge is 2.23. The van der Waals surface area contributed by atoms with Gasteiger partial charge in [-0.3, -0.25) is 15.4 Å². The van der Waals surface area contributed by atoms with E-state index < -0.39 is 18.0 Å². The second kappa shape index (κ2) is 9.10. The highest BCUT2D eigenvalue weighted by Crippen LogP contribution is 2.13. The van der Waals surface area contributed by atoms with Gasteiger partial charge in [0.05, 0.1) is 6.61 Å². The standard InChI is InChI=1S/C15H23N3O3/c1-4-16-15(20)18-14(19)13(17-11(2)10-21-3)12-8-6-5-7-9-12/h5-9,11,13,17H,4,10H2,1-3H3,(H2,16,18,19,20)/t11-,13+/m0/s1. The molecule has 0 saturated carbocycles. The Hall–Kier alpha value is -1.92. The molecule has 116 valence electrons. The highest BCUT2D eigenvalue weighted by molar-refractivity contribution is 5.97. The summed E-state index contributed by atoms with van der Waals surface area (Å²) in [5, 5.41) is 8.04. The molecule has 0 fully saturated rings. The van der Waals surface area contributed by atoms with E-state index in [2.05, 4.69) is 16.0 Å². The van der Waals surface area contributed by atoms with Gasteiger partial charge in [0.2, 0.25) is 5.91 Å². The number of carbonyl (C=O) groups excluding carboxylic acids is 2. The van der Waals surface area contributed by atoms with Gasteiger partial charge in [0.15, 0.2) is 0 Å². The minimum absolute atomic E-state index is 0.0276. The van der Waals surface area contributed by atoms with Crippen LogP contribution in [0.2, 0.25) is 0 Å². The van der Waals surface area contributed by atoms with Crippen molar-refractivity contribution in [2.24, 2.45) is 0 Å². The highest BCUT2D eigenvalue weighted by atomic mass is 16.5. The lowest BCUT2D eigenvalue weighted by Crippen LogP contribution is -2.47. The monoisotopic (exact) mass is 293 g/mol. The van der Waals surface area contributed by atoms with E-state index in [0.717, 1.165) is 5.56 Å². The van der Waals surface area contributed by atoms with Gasteiger partial charge in [-0.15, -0.1) is 0 Å². The number of imide groups is 1. The molecule has 0 aliphatic carbocycles. The smallest absolute Gasteiger partial charge is 0.321 e. The molecule has 3 amide bonds. The van der Waals surface area contributed by atoms with Gasteiger partial charge in [-0.1, -0.05) is 30.3 Å². The van der Waals surface area contributed by atoms with Gasteiger partial charge in [-0.05, 0) is 19.4 Å². The minimum Gasteiger partial charge on any atom is -0.383 e. The van der Waals surface area contributed by atoms with Gasteiger partial charge < -0.3 is 10.1 Å². The second-order valence-corrected chi connectivity index (χ2v) is 4.72. The Bertz CT molecular complexity index is 451. The van der Waals surface area contributed by atoms with Crippen molar-refractivity contribution >= 4 is 11.9 Å². The summed E-state index contributed by atoms with van der Waals surface area (Å²) < 4.78 is 5.07. The molecule has 21 heavy (non-hydrogen) atoms. The first-order valence-corrected chi connectivity index (χ1v) is 6.97. The largest absolute Gasteiger partial charge is 0.383 e. The van der Waals surface area contributed by atoms with Crippen molar-refractivity contribution in [1.29, 1.82) is 0 Å². The van der Waals surface area contributed by atoms with Crippen LogP contribution in [0, 0.1) is 0 Å². The summed E-state index contributed by atoms with van der Waals surface area (Å²) in [6.45, 7) is 4.64. The SMILES string of the molecule is CCNC(=O)NC(=O)[C@H](N[C@@H](C)COC)c1ccccc1. The molecule has 6 heteroatoms. The summed E-state index contributed by atoms with van der Waals surface area (Å²) in [4.78, 5) is 23.8. The van der Waals surface area contributed by atoms with Gasteiger partial charge >= 0.3 is 6.03 Å². The predicted octanol–water partition coefficient (Wildman–Crippen LogP) is 1.20. The van der Waals surface area contributed by atoms with Gasteiger partial charge in [-0.25, -0.2) is 4.79 Å². The lowest BCUT2D eigenvalue weighted by molar-refractivity contribution is -0.122. The van der Waals surface area contributed by atoms with Crippen molar-refractivity contribution in [3.8, 4) is 0 Å². The third-order valence-electron chi connectivity index (χ3n) is 2.84. The number of ether oxygens (including phenoxy) is 1. The molecule has 0 unspecified atom stereocenters. The lowest BCUT2D eigenvalue weighted by Gasteiger charge is -2.22. The molecule has 2 atom stereocenters. The zero-order chi connectivity index (χ0) is 15.7. The zero-order valence-electron chi connectivity index (χ0n) is 12.7. The van der Waals surface area contributed by atoms with E-state index in [1.165, 1.54) is 0 Å². The van der Waals surface area contributed by atoms with Gasteiger partial charge in [-0.2, -0.15) is 0 Å². The van der Waals surface area contributed by atoms with Crippen molar-refractivity contribution in [2.45, 2.75) is 25.9 Å². The molecule has 0 aliphatic rings. The molecule has 1 aromatic carbocycles. The van der Waals surface area contributed by atoms with E-state index >= 15 is 0 Å². The molecule has 0 aliphatic heterocycles. The number of amides is 3. The number of rotatable bonds is 7. The lowest BCUT2D eigenvalue weighted by atomic mass is 10.1. The first kappa shape index (κ1) is 17.1. The third-order valence-corrected chi connectivity index (χ3v) is 2.84. The summed E-state index contributed by atoms with van der Waals surface area (Å²) in [5.74, 6) is -0.393. The van der Waals surface area contributed by atoms with Crippen molar-refractivity contribution < 1.29 is 14.3 Å². The van der Waals surface area contributed by atoms with Crippen molar-refractivity contribution in [2.75, 3.05) is 20.3 Å². The molecule has 0 heterocycles. The third kappa shape index (κ3) is 5.93. The maximum absolute atomic E-state index is 12.3. The number of hydrogen-bond acceptors (Lipinski definition) is 4. The normalized spacial score (nSPS) is 13.3.